The first-order valence-corrected chi connectivity index (χ1v) is 6.68. The molecule has 1 aliphatic carbocycles. The van der Waals surface area contributed by atoms with Crippen molar-refractivity contribution in [1.29, 1.82) is 0 Å². The molecule has 1 aromatic carbocycles. The van der Waals surface area contributed by atoms with E-state index in [4.69, 9.17) is 11.6 Å². The van der Waals surface area contributed by atoms with E-state index in [2.05, 4.69) is 15.3 Å². The van der Waals surface area contributed by atoms with Crippen LogP contribution in [0.1, 0.15) is 30.1 Å². The molecule has 0 spiro atoms. The molecule has 0 radical (unpaired) electrons. The van der Waals surface area contributed by atoms with Crippen molar-refractivity contribution < 1.29 is 8.78 Å². The van der Waals surface area contributed by atoms with Gasteiger partial charge in [-0.05, 0) is 31.4 Å². The molecule has 0 amide bonds. The molecule has 1 N–H and O–H groups in total. The van der Waals surface area contributed by atoms with Crippen LogP contribution in [0.5, 0.6) is 0 Å². The molecule has 6 heteroatoms. The van der Waals surface area contributed by atoms with Crippen molar-refractivity contribution >= 4 is 23.1 Å². The third kappa shape index (κ3) is 2.58. The lowest BCUT2D eigenvalue weighted by atomic mass is 10.2. The fourth-order valence-electron chi connectivity index (χ4n) is 1.92. The topological polar surface area (TPSA) is 37.8 Å². The molecule has 0 aliphatic heterocycles. The summed E-state index contributed by atoms with van der Waals surface area (Å²) in [7, 11) is 0. The number of benzene rings is 1. The molecule has 1 heterocycles. The summed E-state index contributed by atoms with van der Waals surface area (Å²) in [6.07, 6.45) is 2.04. The molecule has 0 saturated heterocycles. The first-order valence-electron chi connectivity index (χ1n) is 6.30. The number of hydrogen-bond acceptors (Lipinski definition) is 3. The zero-order chi connectivity index (χ0) is 14.3. The highest BCUT2D eigenvalue weighted by Crippen LogP contribution is 2.39. The van der Waals surface area contributed by atoms with Crippen LogP contribution in [0.15, 0.2) is 18.2 Å². The quantitative estimate of drug-likeness (QED) is 0.856. The van der Waals surface area contributed by atoms with Crippen LogP contribution in [-0.2, 0) is 0 Å². The van der Waals surface area contributed by atoms with E-state index in [1.165, 1.54) is 18.2 Å². The molecule has 1 aliphatic rings. The molecule has 3 rings (SSSR count). The smallest absolute Gasteiger partial charge is 0.152 e. The van der Waals surface area contributed by atoms with Crippen molar-refractivity contribution in [2.24, 2.45) is 0 Å². The lowest BCUT2D eigenvalue weighted by Gasteiger charge is -2.10. The van der Waals surface area contributed by atoms with Gasteiger partial charge in [-0.1, -0.05) is 17.7 Å². The zero-order valence-corrected chi connectivity index (χ0v) is 11.5. The zero-order valence-electron chi connectivity index (χ0n) is 10.8. The van der Waals surface area contributed by atoms with Gasteiger partial charge in [-0.15, -0.1) is 0 Å². The summed E-state index contributed by atoms with van der Waals surface area (Å²) in [6.45, 7) is 1.57. The number of anilines is 2. The SMILES string of the molecule is Cc1ccc(F)c(Nc2cc(Cl)nc(C3CC3)n2)c1F. The predicted octanol–water partition coefficient (Wildman–Crippen LogP) is 4.34. The summed E-state index contributed by atoms with van der Waals surface area (Å²) in [5.41, 5.74) is 0.137. The molecule has 1 saturated carbocycles. The second-order valence-corrected chi connectivity index (χ2v) is 5.27. The molecule has 0 atom stereocenters. The average molecular weight is 296 g/mol. The molecule has 2 aromatic rings. The maximum absolute atomic E-state index is 13.9. The highest BCUT2D eigenvalue weighted by molar-refractivity contribution is 6.29. The molecule has 1 aromatic heterocycles. The van der Waals surface area contributed by atoms with E-state index >= 15 is 0 Å². The molecule has 0 bridgehead atoms. The third-order valence-corrected chi connectivity index (χ3v) is 3.39. The van der Waals surface area contributed by atoms with Crippen molar-refractivity contribution in [3.05, 3.63) is 46.4 Å². The van der Waals surface area contributed by atoms with Gasteiger partial charge in [0.05, 0.1) is 0 Å². The fourth-order valence-corrected chi connectivity index (χ4v) is 2.11. The number of halogens is 3. The molecular formula is C14H12ClF2N3. The van der Waals surface area contributed by atoms with Crippen molar-refractivity contribution in [1.82, 2.24) is 9.97 Å². The number of hydrogen-bond donors (Lipinski definition) is 1. The van der Waals surface area contributed by atoms with Gasteiger partial charge in [0.2, 0.25) is 0 Å². The van der Waals surface area contributed by atoms with E-state index in [9.17, 15) is 8.78 Å². The maximum atomic E-state index is 13.9. The molecule has 0 unspecified atom stereocenters. The normalized spacial score (nSPS) is 14.4. The molecule has 20 heavy (non-hydrogen) atoms. The van der Waals surface area contributed by atoms with Gasteiger partial charge in [0.1, 0.15) is 28.3 Å². The van der Waals surface area contributed by atoms with E-state index in [-0.39, 0.29) is 10.8 Å². The lowest BCUT2D eigenvalue weighted by molar-refractivity contribution is 0.584. The highest BCUT2D eigenvalue weighted by Gasteiger charge is 2.27. The fraction of sp³-hybridized carbons (Fsp3) is 0.286. The Hall–Kier alpha value is -1.75. The second kappa shape index (κ2) is 4.98. The molecule has 104 valence electrons. The Bertz CT molecular complexity index is 672. The first kappa shape index (κ1) is 13.2. The van der Waals surface area contributed by atoms with Crippen LogP contribution in [0.25, 0.3) is 0 Å². The number of aryl methyl sites for hydroxylation is 1. The Labute approximate surface area is 120 Å². The van der Waals surface area contributed by atoms with Crippen LogP contribution in [0.4, 0.5) is 20.3 Å². The van der Waals surface area contributed by atoms with E-state index in [1.54, 1.807) is 6.92 Å². The summed E-state index contributed by atoms with van der Waals surface area (Å²) in [5, 5.41) is 2.92. The van der Waals surface area contributed by atoms with E-state index in [1.807, 2.05) is 0 Å². The lowest BCUT2D eigenvalue weighted by Crippen LogP contribution is -2.03. The average Bonchev–Trinajstić information content (AvgIpc) is 3.23. The summed E-state index contributed by atoms with van der Waals surface area (Å²) in [4.78, 5) is 8.39. The second-order valence-electron chi connectivity index (χ2n) is 4.89. The van der Waals surface area contributed by atoms with Crippen LogP contribution >= 0.6 is 11.6 Å². The maximum Gasteiger partial charge on any atom is 0.152 e. The van der Waals surface area contributed by atoms with Crippen LogP contribution in [-0.4, -0.2) is 9.97 Å². The van der Waals surface area contributed by atoms with Gasteiger partial charge < -0.3 is 5.32 Å². The Morgan fingerprint density at radius 3 is 2.70 bits per heavy atom. The minimum absolute atomic E-state index is 0.221. The summed E-state index contributed by atoms with van der Waals surface area (Å²) in [5.74, 6) is -0.0752. The van der Waals surface area contributed by atoms with Crippen molar-refractivity contribution in [2.45, 2.75) is 25.7 Å². The Morgan fingerprint density at radius 2 is 2.00 bits per heavy atom. The number of nitrogens with one attached hydrogen (secondary N) is 1. The standard InChI is InChI=1S/C14H12ClF2N3/c1-7-2-5-9(16)13(12(7)17)19-11-6-10(15)18-14(20-11)8-3-4-8/h2,5-6,8H,3-4H2,1H3,(H,18,19,20). The Balaban J connectivity index is 1.97. The van der Waals surface area contributed by atoms with Gasteiger partial charge in [0, 0.05) is 12.0 Å². The van der Waals surface area contributed by atoms with Crippen LogP contribution in [0.2, 0.25) is 5.15 Å². The van der Waals surface area contributed by atoms with E-state index < -0.39 is 11.6 Å². The Kier molecular flexibility index (Phi) is 3.30. The van der Waals surface area contributed by atoms with Crippen LogP contribution < -0.4 is 5.32 Å². The third-order valence-electron chi connectivity index (χ3n) is 3.19. The highest BCUT2D eigenvalue weighted by atomic mass is 35.5. The Morgan fingerprint density at radius 1 is 1.25 bits per heavy atom. The monoisotopic (exact) mass is 295 g/mol. The summed E-state index contributed by atoms with van der Waals surface area (Å²) < 4.78 is 27.7. The number of nitrogens with zero attached hydrogens (tertiary/aromatic N) is 2. The van der Waals surface area contributed by atoms with Gasteiger partial charge >= 0.3 is 0 Å². The molecule has 1 fully saturated rings. The van der Waals surface area contributed by atoms with Gasteiger partial charge in [-0.3, -0.25) is 0 Å². The van der Waals surface area contributed by atoms with Gasteiger partial charge in [0.25, 0.3) is 0 Å². The minimum atomic E-state index is -0.671. The van der Waals surface area contributed by atoms with E-state index in [0.29, 0.717) is 23.1 Å². The summed E-state index contributed by atoms with van der Waals surface area (Å²) >= 11 is 5.92. The van der Waals surface area contributed by atoms with Gasteiger partial charge in [-0.25, -0.2) is 18.7 Å². The van der Waals surface area contributed by atoms with Crippen LogP contribution in [0.3, 0.4) is 0 Å². The van der Waals surface area contributed by atoms with Crippen molar-refractivity contribution in [3.63, 3.8) is 0 Å². The van der Waals surface area contributed by atoms with E-state index in [0.717, 1.165) is 12.8 Å². The van der Waals surface area contributed by atoms with Crippen LogP contribution in [0, 0.1) is 18.6 Å². The van der Waals surface area contributed by atoms with Gasteiger partial charge in [-0.2, -0.15) is 0 Å². The van der Waals surface area contributed by atoms with Crippen molar-refractivity contribution in [3.8, 4) is 0 Å². The van der Waals surface area contributed by atoms with Gasteiger partial charge in [0.15, 0.2) is 5.82 Å². The van der Waals surface area contributed by atoms with Crippen molar-refractivity contribution in [2.75, 3.05) is 5.32 Å². The largest absolute Gasteiger partial charge is 0.335 e. The number of aromatic nitrogens is 2. The molecular weight excluding hydrogens is 284 g/mol. The molecule has 3 nitrogen and oxygen atoms in total. The summed E-state index contributed by atoms with van der Waals surface area (Å²) in [6, 6.07) is 4.05. The predicted molar refractivity (Wildman–Crippen MR) is 73.4 cm³/mol. The minimum Gasteiger partial charge on any atom is -0.335 e. The first-order chi connectivity index (χ1) is 9.54. The number of rotatable bonds is 3.